The van der Waals surface area contributed by atoms with Crippen molar-refractivity contribution in [1.82, 2.24) is 0 Å². The second-order valence-electron chi connectivity index (χ2n) is 4.86. The van der Waals surface area contributed by atoms with Crippen LogP contribution in [0, 0.1) is 5.82 Å². The zero-order valence-corrected chi connectivity index (χ0v) is 13.9. The summed E-state index contributed by atoms with van der Waals surface area (Å²) >= 11 is 6.19. The van der Waals surface area contributed by atoms with Gasteiger partial charge in [-0.2, -0.15) is 4.57 Å². The normalized spacial score (nSPS) is 10.7. The largest absolute Gasteiger partial charge is 0.497 e. The van der Waals surface area contributed by atoms with Gasteiger partial charge in [0.15, 0.2) is 0 Å². The summed E-state index contributed by atoms with van der Waals surface area (Å²) in [5.74, 6) is 0.588. The third-order valence-electron chi connectivity index (χ3n) is 3.49. The average molecular weight is 332 g/mol. The lowest BCUT2D eigenvalue weighted by Crippen LogP contribution is -2.30. The van der Waals surface area contributed by atoms with E-state index in [0.717, 1.165) is 31.8 Å². The second kappa shape index (κ2) is 6.10. The van der Waals surface area contributed by atoms with Gasteiger partial charge >= 0.3 is 0 Å². The molecule has 0 radical (unpaired) electrons. The molecule has 0 saturated heterocycles. The second-order valence-corrected chi connectivity index (χ2v) is 6.60. The smallest absolute Gasteiger partial charge is 0.270 e. The quantitative estimate of drug-likeness (QED) is 0.556. The van der Waals surface area contributed by atoms with Gasteiger partial charge in [-0.1, -0.05) is 11.3 Å². The molecule has 2 aromatic carbocycles. The maximum absolute atomic E-state index is 13.1. The first-order valence-electron chi connectivity index (χ1n) is 6.72. The van der Waals surface area contributed by atoms with E-state index < -0.39 is 0 Å². The molecule has 1 heterocycles. The minimum absolute atomic E-state index is 0.232. The first-order valence-corrected chi connectivity index (χ1v) is 7.98. The summed E-state index contributed by atoms with van der Waals surface area (Å²) in [6.45, 7) is 0. The van der Waals surface area contributed by atoms with E-state index >= 15 is 0 Å². The van der Waals surface area contributed by atoms with Crippen molar-refractivity contribution in [3.8, 4) is 27.6 Å². The van der Waals surface area contributed by atoms with Gasteiger partial charge in [0, 0.05) is 5.56 Å². The Hall–Kier alpha value is -1.85. The molecule has 5 heteroatoms. The standard InChI is InChI=1S/C17H14FNOS2/c1-19-15(11-5-9-14(20-2)10-6-11)17(21)22-16(19)12-3-7-13(18)8-4-12/h3-10H,1-2H3/p+1. The number of hydrogen-bond acceptors (Lipinski definition) is 3. The molecule has 0 aliphatic heterocycles. The molecule has 0 N–H and O–H groups in total. The summed E-state index contributed by atoms with van der Waals surface area (Å²) in [5, 5.41) is 1.04. The zero-order valence-electron chi connectivity index (χ0n) is 12.2. The lowest BCUT2D eigenvalue weighted by molar-refractivity contribution is -0.646. The topological polar surface area (TPSA) is 13.1 Å². The number of methoxy groups -OCH3 is 1. The third-order valence-corrected chi connectivity index (χ3v) is 5.07. The highest BCUT2D eigenvalue weighted by atomic mass is 32.2. The van der Waals surface area contributed by atoms with Crippen molar-refractivity contribution in [2.24, 2.45) is 7.05 Å². The summed E-state index contributed by atoms with van der Waals surface area (Å²) in [7, 11) is 3.64. The Balaban J connectivity index is 2.07. The van der Waals surface area contributed by atoms with Gasteiger partial charge in [0.05, 0.1) is 12.7 Å². The van der Waals surface area contributed by atoms with E-state index in [9.17, 15) is 4.39 Å². The Labute approximate surface area is 138 Å². The molecule has 22 heavy (non-hydrogen) atoms. The van der Waals surface area contributed by atoms with Crippen LogP contribution in [0.4, 0.5) is 4.39 Å². The number of thiazole rings is 1. The minimum Gasteiger partial charge on any atom is -0.497 e. The maximum Gasteiger partial charge on any atom is 0.270 e. The van der Waals surface area contributed by atoms with Gasteiger partial charge in [-0.25, -0.2) is 4.39 Å². The van der Waals surface area contributed by atoms with E-state index in [2.05, 4.69) is 17.2 Å². The van der Waals surface area contributed by atoms with Crippen molar-refractivity contribution in [1.29, 1.82) is 0 Å². The van der Waals surface area contributed by atoms with Crippen molar-refractivity contribution >= 4 is 24.0 Å². The van der Waals surface area contributed by atoms with Crippen molar-refractivity contribution in [2.45, 2.75) is 4.21 Å². The molecule has 0 bridgehead atoms. The Morgan fingerprint density at radius 3 is 2.18 bits per heavy atom. The molecular weight excluding hydrogens is 317 g/mol. The lowest BCUT2D eigenvalue weighted by atomic mass is 10.1. The molecular formula is C17H15FNOS2+. The van der Waals surface area contributed by atoms with Crippen LogP contribution in [0.25, 0.3) is 21.8 Å². The Kier molecular flexibility index (Phi) is 4.18. The fraction of sp³-hybridized carbons (Fsp3) is 0.118. The average Bonchev–Trinajstić information content (AvgIpc) is 2.83. The monoisotopic (exact) mass is 332 g/mol. The number of thiol groups is 1. The molecule has 0 aliphatic carbocycles. The molecule has 0 saturated carbocycles. The van der Waals surface area contributed by atoms with E-state index in [1.807, 2.05) is 31.3 Å². The molecule has 0 fully saturated rings. The van der Waals surface area contributed by atoms with Crippen LogP contribution in [0.1, 0.15) is 0 Å². The lowest BCUT2D eigenvalue weighted by Gasteiger charge is -2.01. The molecule has 1 aromatic heterocycles. The number of nitrogens with zero attached hydrogens (tertiary/aromatic N) is 1. The molecule has 0 unspecified atom stereocenters. The number of hydrogen-bond donors (Lipinski definition) is 1. The Bertz CT molecular complexity index is 795. The number of rotatable bonds is 3. The first-order chi connectivity index (χ1) is 10.6. The van der Waals surface area contributed by atoms with E-state index in [1.165, 1.54) is 12.1 Å². The summed E-state index contributed by atoms with van der Waals surface area (Å²) in [6.07, 6.45) is 0. The predicted molar refractivity (Wildman–Crippen MR) is 90.1 cm³/mol. The van der Waals surface area contributed by atoms with Crippen LogP contribution in [0.15, 0.2) is 52.7 Å². The molecule has 0 amide bonds. The van der Waals surface area contributed by atoms with E-state index in [1.54, 1.807) is 30.6 Å². The van der Waals surface area contributed by atoms with Crippen molar-refractivity contribution < 1.29 is 13.7 Å². The van der Waals surface area contributed by atoms with Crippen LogP contribution in [-0.4, -0.2) is 7.11 Å². The highest BCUT2D eigenvalue weighted by molar-refractivity contribution is 7.83. The predicted octanol–water partition coefficient (Wildman–Crippen LogP) is 4.34. The van der Waals surface area contributed by atoms with Crippen LogP contribution in [0.3, 0.4) is 0 Å². The highest BCUT2D eigenvalue weighted by Crippen LogP contribution is 2.34. The summed E-state index contributed by atoms with van der Waals surface area (Å²) in [4.78, 5) is 0. The molecule has 3 aromatic rings. The fourth-order valence-corrected chi connectivity index (χ4v) is 3.92. The van der Waals surface area contributed by atoms with E-state index in [4.69, 9.17) is 4.74 Å². The van der Waals surface area contributed by atoms with Crippen LogP contribution in [-0.2, 0) is 7.05 Å². The first kappa shape index (κ1) is 15.1. The summed E-state index contributed by atoms with van der Waals surface area (Å²) < 4.78 is 21.3. The van der Waals surface area contributed by atoms with Crippen LogP contribution >= 0.6 is 24.0 Å². The molecule has 0 spiro atoms. The van der Waals surface area contributed by atoms with Gasteiger partial charge in [0.25, 0.3) is 5.01 Å². The van der Waals surface area contributed by atoms with Gasteiger partial charge in [-0.05, 0) is 48.5 Å². The third kappa shape index (κ3) is 2.74. The number of benzene rings is 2. The summed E-state index contributed by atoms with van der Waals surface area (Å²) in [6, 6.07) is 14.4. The molecule has 0 atom stereocenters. The van der Waals surface area contributed by atoms with Crippen molar-refractivity contribution in [3.63, 3.8) is 0 Å². The van der Waals surface area contributed by atoms with E-state index in [-0.39, 0.29) is 5.82 Å². The minimum atomic E-state index is -0.232. The Morgan fingerprint density at radius 1 is 1.00 bits per heavy atom. The SMILES string of the molecule is COc1ccc(-c2c(S)sc(-c3ccc(F)cc3)[n+]2C)cc1. The van der Waals surface area contributed by atoms with Gasteiger partial charge in [-0.3, -0.25) is 0 Å². The number of aromatic nitrogens is 1. The molecule has 0 aliphatic rings. The van der Waals surface area contributed by atoms with Crippen molar-refractivity contribution in [3.05, 3.63) is 54.3 Å². The number of ether oxygens (including phenoxy) is 1. The molecule has 2 nitrogen and oxygen atoms in total. The number of halogens is 1. The van der Waals surface area contributed by atoms with Crippen LogP contribution < -0.4 is 9.30 Å². The zero-order chi connectivity index (χ0) is 15.7. The highest BCUT2D eigenvalue weighted by Gasteiger charge is 2.24. The van der Waals surface area contributed by atoms with Gasteiger partial charge in [0.2, 0.25) is 5.69 Å². The Morgan fingerprint density at radius 2 is 1.59 bits per heavy atom. The van der Waals surface area contributed by atoms with Crippen LogP contribution in [0.5, 0.6) is 5.75 Å². The van der Waals surface area contributed by atoms with Crippen LogP contribution in [0.2, 0.25) is 0 Å². The molecule has 112 valence electrons. The summed E-state index contributed by atoms with van der Waals surface area (Å²) in [5.41, 5.74) is 3.08. The molecule has 3 rings (SSSR count). The maximum atomic E-state index is 13.1. The van der Waals surface area contributed by atoms with Gasteiger partial charge < -0.3 is 4.74 Å². The van der Waals surface area contributed by atoms with E-state index in [0.29, 0.717) is 0 Å². The van der Waals surface area contributed by atoms with Gasteiger partial charge in [0.1, 0.15) is 22.8 Å². The van der Waals surface area contributed by atoms with Gasteiger partial charge in [-0.15, -0.1) is 12.6 Å². The van der Waals surface area contributed by atoms with Crippen molar-refractivity contribution in [2.75, 3.05) is 7.11 Å². The fourth-order valence-electron chi connectivity index (χ4n) is 2.36.